The van der Waals surface area contributed by atoms with E-state index < -0.39 is 36.6 Å². The summed E-state index contributed by atoms with van der Waals surface area (Å²) in [5.41, 5.74) is 0. The first-order chi connectivity index (χ1) is 8.66. The summed E-state index contributed by atoms with van der Waals surface area (Å²) in [4.78, 5) is 0. The number of rotatable bonds is 0. The van der Waals surface area contributed by atoms with E-state index in [0.717, 1.165) is 0 Å². The first-order valence-corrected chi connectivity index (χ1v) is 3.81. The zero-order valence-corrected chi connectivity index (χ0v) is 16.5. The van der Waals surface area contributed by atoms with Crippen molar-refractivity contribution in [3.05, 3.63) is 0 Å². The Morgan fingerprint density at radius 2 is 0.409 bits per heavy atom. The van der Waals surface area contributed by atoms with Crippen LogP contribution in [-0.4, -0.2) is 135 Å². The largest absolute Gasteiger partial charge is 2.00 e. The molecule has 0 radical (unpaired) electrons. The fourth-order valence-corrected chi connectivity index (χ4v) is 0. The van der Waals surface area contributed by atoms with Crippen LogP contribution in [0.2, 0.25) is 0 Å². The molecule has 0 aromatic carbocycles. The van der Waals surface area contributed by atoms with Crippen LogP contribution in [0.4, 0.5) is 0 Å². The van der Waals surface area contributed by atoms with Gasteiger partial charge >= 0.3 is 118 Å². The van der Waals surface area contributed by atoms with Gasteiger partial charge in [-0.25, -0.2) is 0 Å². The fourth-order valence-electron chi connectivity index (χ4n) is 0. The Hall–Kier alpha value is 2.62. The number of hydrogen-bond acceptors (Lipinski definition) is 15. The van der Waals surface area contributed by atoms with Gasteiger partial charge in [0, 0.05) is 0 Å². The molecule has 22 heteroatoms. The molecule has 0 spiro atoms. The van der Waals surface area contributed by atoms with E-state index in [4.69, 9.17) is 75.4 Å². The normalized spacial score (nSPS) is 6.14. The van der Waals surface area contributed by atoms with Gasteiger partial charge in [-0.15, -0.1) is 0 Å². The Morgan fingerprint density at radius 3 is 0.409 bits per heavy atom. The van der Waals surface area contributed by atoms with Gasteiger partial charge in [-0.3, -0.25) is 7.32 Å². The van der Waals surface area contributed by atoms with Crippen molar-refractivity contribution in [2.24, 2.45) is 0 Å². The first-order valence-electron chi connectivity index (χ1n) is 3.81. The molecule has 0 fully saturated rings. The molecular formula is H12B5CaKO15. The van der Waals surface area contributed by atoms with Gasteiger partial charge < -0.3 is 75.4 Å². The van der Waals surface area contributed by atoms with Crippen LogP contribution >= 0.6 is 0 Å². The molecule has 15 nitrogen and oxygen atoms in total. The topological polar surface area (TPSA) is 312 Å². The Labute approximate surface area is 198 Å². The van der Waals surface area contributed by atoms with Crippen molar-refractivity contribution >= 4 is 74.3 Å². The van der Waals surface area contributed by atoms with Crippen molar-refractivity contribution in [2.75, 3.05) is 0 Å². The van der Waals surface area contributed by atoms with Crippen LogP contribution in [0.15, 0.2) is 0 Å². The third-order valence-corrected chi connectivity index (χ3v) is 0. The van der Waals surface area contributed by atoms with Crippen LogP contribution in [0.1, 0.15) is 0 Å². The molecule has 0 amide bonds. The summed E-state index contributed by atoms with van der Waals surface area (Å²) in [5.74, 6) is 0. The summed E-state index contributed by atoms with van der Waals surface area (Å²) in [6.45, 7) is 0. The van der Waals surface area contributed by atoms with E-state index in [2.05, 4.69) is 0 Å². The van der Waals surface area contributed by atoms with E-state index in [9.17, 15) is 0 Å². The van der Waals surface area contributed by atoms with Crippen molar-refractivity contribution in [1.82, 2.24) is 0 Å². The maximum Gasteiger partial charge on any atom is 2.00 e. The maximum atomic E-state index is 8.42. The molecule has 0 aromatic heterocycles. The second kappa shape index (κ2) is 38.9. The standard InChI is InChI=1S/4BH3O3.BO3.Ca.K/c5*2-1(3)4;;/h4*2-4H;;;/q;;;;-3;+2;+1. The smallest absolute Gasteiger partial charge is 0.907 e. The van der Waals surface area contributed by atoms with Crippen molar-refractivity contribution in [1.29, 1.82) is 0 Å². The molecule has 0 aliphatic heterocycles. The average Bonchev–Trinajstić information content (AvgIpc) is 1.94. The van der Waals surface area contributed by atoms with Crippen LogP contribution in [0, 0.1) is 0 Å². The summed E-state index contributed by atoms with van der Waals surface area (Å²) in [6.07, 6.45) is 0. The molecule has 12 N–H and O–H groups in total. The second-order valence-corrected chi connectivity index (χ2v) is 1.67. The third kappa shape index (κ3) is 1540. The first kappa shape index (κ1) is 44.2. The van der Waals surface area contributed by atoms with Crippen LogP contribution in [0.25, 0.3) is 0 Å². The summed E-state index contributed by atoms with van der Waals surface area (Å²) < 4.78 is 0. The minimum Gasteiger partial charge on any atom is -0.907 e. The summed E-state index contributed by atoms with van der Waals surface area (Å²) in [5, 5.41) is 111. The van der Waals surface area contributed by atoms with Crippen molar-refractivity contribution < 1.29 is 127 Å². The minimum absolute atomic E-state index is 0. The molecule has 0 heterocycles. The van der Waals surface area contributed by atoms with Gasteiger partial charge in [0.2, 0.25) is 0 Å². The van der Waals surface area contributed by atoms with E-state index in [1.54, 1.807) is 0 Å². The molecular weight excluding hydrogens is 373 g/mol. The van der Waals surface area contributed by atoms with Crippen LogP contribution in [0.3, 0.4) is 0 Å². The van der Waals surface area contributed by atoms with Crippen LogP contribution in [-0.2, 0) is 0 Å². The maximum absolute atomic E-state index is 8.42. The zero-order valence-electron chi connectivity index (χ0n) is 11.2. The van der Waals surface area contributed by atoms with E-state index in [-0.39, 0.29) is 89.1 Å². The fraction of sp³-hybridized carbons (Fsp3) is 0. The van der Waals surface area contributed by atoms with Crippen molar-refractivity contribution in [2.45, 2.75) is 0 Å². The van der Waals surface area contributed by atoms with Crippen molar-refractivity contribution in [3.63, 3.8) is 0 Å². The quantitative estimate of drug-likeness (QED) is 0.172. The van der Waals surface area contributed by atoms with Gasteiger partial charge in [-0.05, 0) is 0 Å². The van der Waals surface area contributed by atoms with E-state index in [1.807, 2.05) is 0 Å². The van der Waals surface area contributed by atoms with Gasteiger partial charge in [-0.1, -0.05) is 0 Å². The van der Waals surface area contributed by atoms with Crippen LogP contribution in [0.5, 0.6) is 0 Å². The average molecular weight is 385 g/mol. The molecule has 120 valence electrons. The zero-order chi connectivity index (χ0) is 17.9. The SMILES string of the molecule is OB(O)O.OB(O)O.OB(O)O.OB(O)O.[Ca+2].[K+].[O-]B([O-])[O-]. The van der Waals surface area contributed by atoms with Gasteiger partial charge in [-0.2, -0.15) is 0 Å². The predicted molar refractivity (Wildman–Crippen MR) is 61.1 cm³/mol. The summed E-state index contributed by atoms with van der Waals surface area (Å²) in [7, 11) is -11.6. The monoisotopic (exact) mass is 386 g/mol. The van der Waals surface area contributed by atoms with E-state index >= 15 is 0 Å². The van der Waals surface area contributed by atoms with Crippen molar-refractivity contribution in [3.8, 4) is 0 Å². The Bertz CT molecular complexity index is 86.5. The number of hydrogen-bond donors (Lipinski definition) is 12. The minimum atomic E-state index is -2.92. The molecule has 0 rings (SSSR count). The van der Waals surface area contributed by atoms with E-state index in [1.165, 1.54) is 0 Å². The Balaban J connectivity index is -0.0000000250. The molecule has 0 aliphatic rings. The molecule has 0 unspecified atom stereocenters. The van der Waals surface area contributed by atoms with Gasteiger partial charge in [0.25, 0.3) is 0 Å². The van der Waals surface area contributed by atoms with Crippen LogP contribution < -0.4 is 66.5 Å². The van der Waals surface area contributed by atoms with E-state index in [0.29, 0.717) is 0 Å². The summed E-state index contributed by atoms with van der Waals surface area (Å²) in [6, 6.07) is 0. The predicted octanol–water partition coefficient (Wildman–Crippen LogP) is -15.5. The van der Waals surface area contributed by atoms with Gasteiger partial charge in [0.15, 0.2) is 0 Å². The Kier molecular flexibility index (Phi) is 78.3. The summed E-state index contributed by atoms with van der Waals surface area (Å²) >= 11 is 0. The third-order valence-electron chi connectivity index (χ3n) is 0. The van der Waals surface area contributed by atoms with Gasteiger partial charge in [0.05, 0.1) is 0 Å². The molecule has 0 saturated carbocycles. The molecule has 0 bridgehead atoms. The Morgan fingerprint density at radius 1 is 0.409 bits per heavy atom. The molecule has 0 atom stereocenters. The molecule has 22 heavy (non-hydrogen) atoms. The molecule has 0 saturated heterocycles. The van der Waals surface area contributed by atoms with Gasteiger partial charge in [0.1, 0.15) is 0 Å². The molecule has 0 aromatic rings. The second-order valence-electron chi connectivity index (χ2n) is 1.67. The molecule has 0 aliphatic carbocycles.